The lowest BCUT2D eigenvalue weighted by molar-refractivity contribution is 0.158. The fraction of sp³-hybridized carbons (Fsp3) is 0.429. The smallest absolute Gasteiger partial charge is 0.159 e. The highest BCUT2D eigenvalue weighted by Crippen LogP contribution is 2.09. The molecule has 1 rings (SSSR count). The van der Waals surface area contributed by atoms with Crippen LogP contribution in [0.1, 0.15) is 31.7 Å². The molecule has 0 saturated heterocycles. The normalized spacial score (nSPS) is 11.2. The van der Waals surface area contributed by atoms with Crippen molar-refractivity contribution < 1.29 is 13.5 Å². The number of hydrogen-bond acceptors (Lipinski definition) is 1. The van der Waals surface area contributed by atoms with Crippen LogP contribution in [0.5, 0.6) is 0 Å². The van der Waals surface area contributed by atoms with Crippen LogP contribution in [0.2, 0.25) is 0 Å². The Balaban J connectivity index is 2.26. The van der Waals surface area contributed by atoms with E-state index >= 15 is 0 Å². The molecule has 0 saturated carbocycles. The van der Waals surface area contributed by atoms with Gasteiger partial charge in [-0.15, -0.1) is 0 Å². The first-order chi connectivity index (χ1) is 8.24. The first kappa shape index (κ1) is 13.8. The van der Waals surface area contributed by atoms with Gasteiger partial charge in [-0.1, -0.05) is 38.0 Å². The van der Waals surface area contributed by atoms with E-state index in [-0.39, 0.29) is 0 Å². The van der Waals surface area contributed by atoms with Crippen LogP contribution in [0.25, 0.3) is 6.08 Å². The van der Waals surface area contributed by atoms with Gasteiger partial charge in [-0.3, -0.25) is 0 Å². The number of unbranched alkanes of at least 4 members (excludes halogenated alkanes) is 2. The largest absolute Gasteiger partial charge is 0.377 e. The van der Waals surface area contributed by atoms with E-state index in [2.05, 4.69) is 6.92 Å². The molecule has 0 bridgehead atoms. The van der Waals surface area contributed by atoms with Gasteiger partial charge >= 0.3 is 0 Å². The van der Waals surface area contributed by atoms with Crippen molar-refractivity contribution in [1.29, 1.82) is 0 Å². The molecule has 3 heteroatoms. The van der Waals surface area contributed by atoms with Gasteiger partial charge in [0.15, 0.2) is 11.6 Å². The zero-order chi connectivity index (χ0) is 12.5. The fourth-order valence-corrected chi connectivity index (χ4v) is 1.41. The Labute approximate surface area is 101 Å². The van der Waals surface area contributed by atoms with E-state index in [1.54, 1.807) is 12.2 Å². The third kappa shape index (κ3) is 5.59. The lowest BCUT2D eigenvalue weighted by Crippen LogP contribution is -1.93. The minimum absolute atomic E-state index is 0.503. The van der Waals surface area contributed by atoms with Crippen molar-refractivity contribution in [2.75, 3.05) is 13.2 Å². The maximum Gasteiger partial charge on any atom is 0.159 e. The van der Waals surface area contributed by atoms with Crippen molar-refractivity contribution >= 4 is 6.08 Å². The predicted molar refractivity (Wildman–Crippen MR) is 65.7 cm³/mol. The Morgan fingerprint density at radius 3 is 2.71 bits per heavy atom. The molecule has 17 heavy (non-hydrogen) atoms. The van der Waals surface area contributed by atoms with Crippen LogP contribution in [0.4, 0.5) is 8.78 Å². The molecule has 0 heterocycles. The second-order valence-corrected chi connectivity index (χ2v) is 3.86. The molecule has 0 aliphatic carbocycles. The minimum Gasteiger partial charge on any atom is -0.377 e. The third-order valence-corrected chi connectivity index (χ3v) is 2.36. The minimum atomic E-state index is -0.823. The molecule has 0 unspecified atom stereocenters. The number of halogens is 2. The second-order valence-electron chi connectivity index (χ2n) is 3.86. The Bertz CT molecular complexity index is 361. The van der Waals surface area contributed by atoms with Crippen LogP contribution >= 0.6 is 0 Å². The van der Waals surface area contributed by atoms with Crippen molar-refractivity contribution in [3.8, 4) is 0 Å². The van der Waals surface area contributed by atoms with Gasteiger partial charge in [0, 0.05) is 6.61 Å². The SMILES string of the molecule is CCCCCOCC=Cc1ccc(F)c(F)c1. The summed E-state index contributed by atoms with van der Waals surface area (Å²) in [6, 6.07) is 3.83. The van der Waals surface area contributed by atoms with E-state index in [0.717, 1.165) is 19.1 Å². The van der Waals surface area contributed by atoms with Crippen LogP contribution in [-0.4, -0.2) is 13.2 Å². The lowest BCUT2D eigenvalue weighted by atomic mass is 10.2. The molecule has 0 fully saturated rings. The van der Waals surface area contributed by atoms with Crippen LogP contribution in [0.3, 0.4) is 0 Å². The highest BCUT2D eigenvalue weighted by molar-refractivity contribution is 5.49. The summed E-state index contributed by atoms with van der Waals surface area (Å²) in [7, 11) is 0. The van der Waals surface area contributed by atoms with Gasteiger partial charge in [0.2, 0.25) is 0 Å². The Morgan fingerprint density at radius 1 is 1.18 bits per heavy atom. The quantitative estimate of drug-likeness (QED) is 0.649. The molecular formula is C14H18F2O. The third-order valence-electron chi connectivity index (χ3n) is 2.36. The Morgan fingerprint density at radius 2 is 2.00 bits per heavy atom. The zero-order valence-electron chi connectivity index (χ0n) is 10.1. The standard InChI is InChI=1S/C14H18F2O/c1-2-3-4-9-17-10-5-6-12-7-8-13(15)14(16)11-12/h5-8,11H,2-4,9-10H2,1H3. The van der Waals surface area contributed by atoms with Gasteiger partial charge in [-0.2, -0.15) is 0 Å². The van der Waals surface area contributed by atoms with Crippen molar-refractivity contribution in [1.82, 2.24) is 0 Å². The number of hydrogen-bond donors (Lipinski definition) is 0. The van der Waals surface area contributed by atoms with Gasteiger partial charge < -0.3 is 4.74 Å². The summed E-state index contributed by atoms with van der Waals surface area (Å²) < 4.78 is 30.8. The van der Waals surface area contributed by atoms with Crippen molar-refractivity contribution in [2.24, 2.45) is 0 Å². The number of benzene rings is 1. The molecule has 94 valence electrons. The summed E-state index contributed by atoms with van der Waals surface area (Å²) in [5.74, 6) is -1.64. The zero-order valence-corrected chi connectivity index (χ0v) is 10.1. The Kier molecular flexibility index (Phi) is 6.48. The van der Waals surface area contributed by atoms with Gasteiger partial charge in [-0.25, -0.2) is 8.78 Å². The number of rotatable bonds is 7. The van der Waals surface area contributed by atoms with Gasteiger partial charge in [0.1, 0.15) is 0 Å². The molecule has 1 nitrogen and oxygen atoms in total. The van der Waals surface area contributed by atoms with Gasteiger partial charge in [0.05, 0.1) is 6.61 Å². The second kappa shape index (κ2) is 7.96. The van der Waals surface area contributed by atoms with E-state index in [1.807, 2.05) is 0 Å². The van der Waals surface area contributed by atoms with Gasteiger partial charge in [0.25, 0.3) is 0 Å². The van der Waals surface area contributed by atoms with E-state index in [9.17, 15) is 8.78 Å². The predicted octanol–water partition coefficient (Wildman–Crippen LogP) is 4.18. The summed E-state index contributed by atoms with van der Waals surface area (Å²) in [6.07, 6.45) is 6.94. The van der Waals surface area contributed by atoms with Crippen LogP contribution in [0, 0.1) is 11.6 Å². The molecular weight excluding hydrogens is 222 g/mol. The Hall–Kier alpha value is -1.22. The average molecular weight is 240 g/mol. The van der Waals surface area contributed by atoms with Crippen molar-refractivity contribution in [3.63, 3.8) is 0 Å². The van der Waals surface area contributed by atoms with Gasteiger partial charge in [-0.05, 0) is 24.1 Å². The highest BCUT2D eigenvalue weighted by Gasteiger charge is 1.99. The summed E-state index contributed by atoms with van der Waals surface area (Å²) in [6.45, 7) is 3.39. The topological polar surface area (TPSA) is 9.23 Å². The maximum absolute atomic E-state index is 12.9. The molecule has 0 N–H and O–H groups in total. The molecule has 0 aliphatic heterocycles. The first-order valence-corrected chi connectivity index (χ1v) is 5.93. The van der Waals surface area contributed by atoms with Crippen molar-refractivity contribution in [2.45, 2.75) is 26.2 Å². The molecule has 0 aliphatic rings. The fourth-order valence-electron chi connectivity index (χ4n) is 1.41. The molecule has 0 radical (unpaired) electrons. The van der Waals surface area contributed by atoms with Crippen molar-refractivity contribution in [3.05, 3.63) is 41.5 Å². The molecule has 0 atom stereocenters. The average Bonchev–Trinajstić information content (AvgIpc) is 2.32. The van der Waals surface area contributed by atoms with Crippen LogP contribution in [0.15, 0.2) is 24.3 Å². The monoisotopic (exact) mass is 240 g/mol. The molecule has 1 aromatic carbocycles. The molecule has 1 aromatic rings. The van der Waals surface area contributed by atoms with E-state index in [4.69, 9.17) is 4.74 Å². The van der Waals surface area contributed by atoms with Crippen LogP contribution < -0.4 is 0 Å². The number of ether oxygens (including phenoxy) is 1. The van der Waals surface area contributed by atoms with E-state index in [1.165, 1.54) is 25.0 Å². The highest BCUT2D eigenvalue weighted by atomic mass is 19.2. The van der Waals surface area contributed by atoms with E-state index in [0.29, 0.717) is 12.2 Å². The molecule has 0 spiro atoms. The van der Waals surface area contributed by atoms with E-state index < -0.39 is 11.6 Å². The summed E-state index contributed by atoms with van der Waals surface area (Å²) in [5, 5.41) is 0. The molecule has 0 amide bonds. The molecule has 0 aromatic heterocycles. The summed E-state index contributed by atoms with van der Waals surface area (Å²) in [5.41, 5.74) is 0.640. The summed E-state index contributed by atoms with van der Waals surface area (Å²) in [4.78, 5) is 0. The lowest BCUT2D eigenvalue weighted by Gasteiger charge is -1.99. The maximum atomic E-state index is 12.9. The summed E-state index contributed by atoms with van der Waals surface area (Å²) >= 11 is 0. The first-order valence-electron chi connectivity index (χ1n) is 5.93. The van der Waals surface area contributed by atoms with Crippen LogP contribution in [-0.2, 0) is 4.74 Å².